The first-order valence-corrected chi connectivity index (χ1v) is 8.14. The van der Waals surface area contributed by atoms with Gasteiger partial charge in [-0.15, -0.1) is 0 Å². The maximum atomic E-state index is 6.43. The van der Waals surface area contributed by atoms with Crippen LogP contribution in [-0.4, -0.2) is 12.1 Å². The van der Waals surface area contributed by atoms with E-state index in [9.17, 15) is 0 Å². The summed E-state index contributed by atoms with van der Waals surface area (Å²) in [6.07, 6.45) is 4.28. The van der Waals surface area contributed by atoms with Gasteiger partial charge in [-0.1, -0.05) is 38.8 Å². The Hall–Kier alpha value is -0.600. The molecule has 0 aromatic carbocycles. The van der Waals surface area contributed by atoms with Crippen molar-refractivity contribution < 1.29 is 0 Å². The second-order valence-electron chi connectivity index (χ2n) is 7.37. The van der Waals surface area contributed by atoms with Gasteiger partial charge >= 0.3 is 0 Å². The molecule has 2 nitrogen and oxygen atoms in total. The minimum absolute atomic E-state index is 0.172. The zero-order valence-electron chi connectivity index (χ0n) is 14.3. The highest BCUT2D eigenvalue weighted by Gasteiger charge is 2.28. The first-order valence-electron chi connectivity index (χ1n) is 8.14. The second-order valence-corrected chi connectivity index (χ2v) is 7.37. The van der Waals surface area contributed by atoms with Gasteiger partial charge in [0.2, 0.25) is 0 Å². The number of hydrogen-bond acceptors (Lipinski definition) is 2. The molecule has 0 amide bonds. The third-order valence-corrected chi connectivity index (χ3v) is 4.17. The van der Waals surface area contributed by atoms with Crippen molar-refractivity contribution in [1.82, 2.24) is 0 Å². The van der Waals surface area contributed by atoms with Crippen LogP contribution in [0.5, 0.6) is 0 Å². The lowest BCUT2D eigenvalue weighted by Crippen LogP contribution is -2.39. The predicted octanol–water partition coefficient (Wildman–Crippen LogP) is 4.16. The van der Waals surface area contributed by atoms with E-state index in [2.05, 4.69) is 41.5 Å². The molecule has 0 heterocycles. The topological polar surface area (TPSA) is 52.0 Å². The maximum Gasteiger partial charge on any atom is 0.0298 e. The van der Waals surface area contributed by atoms with Crippen LogP contribution >= 0.6 is 0 Å². The third-order valence-electron chi connectivity index (χ3n) is 4.17. The molecule has 1 aliphatic carbocycles. The molecule has 116 valence electrons. The molecule has 4 N–H and O–H groups in total. The highest BCUT2D eigenvalue weighted by molar-refractivity contribution is 5.46. The SMILES string of the molecule is CC(CC(C)C)=C1/C(=C(/C)CC(C)C)C(N)CCC1N. The van der Waals surface area contributed by atoms with E-state index in [0.29, 0.717) is 11.8 Å². The summed E-state index contributed by atoms with van der Waals surface area (Å²) in [4.78, 5) is 0. The van der Waals surface area contributed by atoms with Crippen molar-refractivity contribution in [2.24, 2.45) is 23.3 Å². The van der Waals surface area contributed by atoms with Gasteiger partial charge in [0.05, 0.1) is 0 Å². The molecule has 20 heavy (non-hydrogen) atoms. The van der Waals surface area contributed by atoms with E-state index in [1.807, 2.05) is 0 Å². The third kappa shape index (κ3) is 4.46. The van der Waals surface area contributed by atoms with E-state index in [0.717, 1.165) is 25.7 Å². The lowest BCUT2D eigenvalue weighted by molar-refractivity contribution is 0.522. The fourth-order valence-electron chi connectivity index (χ4n) is 3.58. The van der Waals surface area contributed by atoms with Gasteiger partial charge in [0, 0.05) is 12.1 Å². The van der Waals surface area contributed by atoms with Gasteiger partial charge in [-0.05, 0) is 62.5 Å². The van der Waals surface area contributed by atoms with Crippen LogP contribution in [0.3, 0.4) is 0 Å². The van der Waals surface area contributed by atoms with Crippen LogP contribution in [0, 0.1) is 11.8 Å². The standard InChI is InChI=1S/C18H34N2/c1-11(2)9-13(5)17-15(19)7-8-16(20)18(17)14(6)10-12(3)4/h11-12,15-16H,7-10,19-20H2,1-6H3/b17-13-,18-14?. The molecule has 2 heteroatoms. The monoisotopic (exact) mass is 278 g/mol. The molecule has 1 aliphatic rings. The Kier molecular flexibility index (Phi) is 6.47. The zero-order valence-corrected chi connectivity index (χ0v) is 14.3. The molecule has 0 spiro atoms. The van der Waals surface area contributed by atoms with Crippen LogP contribution in [0.1, 0.15) is 67.2 Å². The van der Waals surface area contributed by atoms with Crippen molar-refractivity contribution in [3.8, 4) is 0 Å². The Morgan fingerprint density at radius 3 is 1.40 bits per heavy atom. The molecular formula is C18H34N2. The zero-order chi connectivity index (χ0) is 15.4. The van der Waals surface area contributed by atoms with Crippen molar-refractivity contribution in [3.05, 3.63) is 22.3 Å². The number of nitrogens with two attached hydrogens (primary N) is 2. The molecule has 1 rings (SSSR count). The van der Waals surface area contributed by atoms with Crippen LogP contribution in [0.15, 0.2) is 22.3 Å². The predicted molar refractivity (Wildman–Crippen MR) is 89.5 cm³/mol. The Morgan fingerprint density at radius 2 is 1.15 bits per heavy atom. The molecule has 0 bridgehead atoms. The van der Waals surface area contributed by atoms with Gasteiger partial charge in [-0.2, -0.15) is 0 Å². The summed E-state index contributed by atoms with van der Waals surface area (Å²) in [5.41, 5.74) is 18.5. The van der Waals surface area contributed by atoms with Gasteiger partial charge < -0.3 is 11.5 Å². The highest BCUT2D eigenvalue weighted by Crippen LogP contribution is 2.35. The van der Waals surface area contributed by atoms with E-state index in [4.69, 9.17) is 11.5 Å². The summed E-state index contributed by atoms with van der Waals surface area (Å²) in [5.74, 6) is 1.33. The summed E-state index contributed by atoms with van der Waals surface area (Å²) in [7, 11) is 0. The first kappa shape index (κ1) is 17.5. The van der Waals surface area contributed by atoms with Crippen LogP contribution in [0.4, 0.5) is 0 Å². The van der Waals surface area contributed by atoms with Gasteiger partial charge in [-0.3, -0.25) is 0 Å². The Morgan fingerprint density at radius 1 is 0.850 bits per heavy atom. The van der Waals surface area contributed by atoms with Crippen molar-refractivity contribution in [3.63, 3.8) is 0 Å². The van der Waals surface area contributed by atoms with E-state index in [1.165, 1.54) is 22.3 Å². The van der Waals surface area contributed by atoms with Gasteiger partial charge in [0.25, 0.3) is 0 Å². The molecular weight excluding hydrogens is 244 g/mol. The smallest absolute Gasteiger partial charge is 0.0298 e. The molecule has 0 aromatic heterocycles. The van der Waals surface area contributed by atoms with Crippen molar-refractivity contribution in [2.75, 3.05) is 0 Å². The van der Waals surface area contributed by atoms with E-state index < -0.39 is 0 Å². The van der Waals surface area contributed by atoms with Gasteiger partial charge in [-0.25, -0.2) is 0 Å². The maximum absolute atomic E-state index is 6.43. The molecule has 0 aliphatic heterocycles. The molecule has 2 atom stereocenters. The van der Waals surface area contributed by atoms with Crippen LogP contribution in [0.2, 0.25) is 0 Å². The van der Waals surface area contributed by atoms with Gasteiger partial charge in [0.1, 0.15) is 0 Å². The molecule has 1 fully saturated rings. The number of hydrogen-bond donors (Lipinski definition) is 2. The lowest BCUT2D eigenvalue weighted by atomic mass is 9.76. The van der Waals surface area contributed by atoms with Crippen molar-refractivity contribution in [1.29, 1.82) is 0 Å². The summed E-state index contributed by atoms with van der Waals surface area (Å²) >= 11 is 0. The lowest BCUT2D eigenvalue weighted by Gasteiger charge is -2.34. The number of allylic oxidation sites excluding steroid dienone is 2. The van der Waals surface area contributed by atoms with Crippen LogP contribution in [-0.2, 0) is 0 Å². The van der Waals surface area contributed by atoms with E-state index >= 15 is 0 Å². The van der Waals surface area contributed by atoms with Crippen molar-refractivity contribution >= 4 is 0 Å². The van der Waals surface area contributed by atoms with Crippen molar-refractivity contribution in [2.45, 2.75) is 79.3 Å². The highest BCUT2D eigenvalue weighted by atomic mass is 14.7. The van der Waals surface area contributed by atoms with Gasteiger partial charge in [0.15, 0.2) is 0 Å². The fourth-order valence-corrected chi connectivity index (χ4v) is 3.58. The Bertz CT molecular complexity index is 350. The quantitative estimate of drug-likeness (QED) is 0.811. The molecule has 0 radical (unpaired) electrons. The number of rotatable bonds is 4. The summed E-state index contributed by atoms with van der Waals surface area (Å²) in [6, 6.07) is 0.344. The Balaban J connectivity index is 3.25. The first-order chi connectivity index (χ1) is 9.23. The normalized spacial score (nSPS) is 29.1. The Labute approximate surface area is 125 Å². The van der Waals surface area contributed by atoms with Crippen LogP contribution < -0.4 is 11.5 Å². The van der Waals surface area contributed by atoms with E-state index in [-0.39, 0.29) is 12.1 Å². The minimum Gasteiger partial charge on any atom is -0.324 e. The molecule has 0 saturated heterocycles. The molecule has 0 aromatic rings. The summed E-state index contributed by atoms with van der Waals surface area (Å²) in [5, 5.41) is 0. The summed E-state index contributed by atoms with van der Waals surface area (Å²) < 4.78 is 0. The minimum atomic E-state index is 0.172. The second kappa shape index (κ2) is 7.42. The largest absolute Gasteiger partial charge is 0.324 e. The fraction of sp³-hybridized carbons (Fsp3) is 0.778. The molecule has 1 saturated carbocycles. The van der Waals surface area contributed by atoms with E-state index in [1.54, 1.807) is 0 Å². The van der Waals surface area contributed by atoms with Crippen LogP contribution in [0.25, 0.3) is 0 Å². The summed E-state index contributed by atoms with van der Waals surface area (Å²) in [6.45, 7) is 13.6. The molecule has 2 unspecified atom stereocenters. The average Bonchev–Trinajstić information content (AvgIpc) is 2.29. The average molecular weight is 278 g/mol.